The summed E-state index contributed by atoms with van der Waals surface area (Å²) < 4.78 is 78.1. The van der Waals surface area contributed by atoms with Gasteiger partial charge in [-0.1, -0.05) is 24.3 Å². The molecule has 2 heterocycles. The van der Waals surface area contributed by atoms with E-state index in [2.05, 4.69) is 0 Å². The Morgan fingerprint density at radius 2 is 1.33 bits per heavy atom. The quantitative estimate of drug-likeness (QED) is 0.441. The summed E-state index contributed by atoms with van der Waals surface area (Å²) >= 11 is 0. The van der Waals surface area contributed by atoms with Crippen LogP contribution in [0.2, 0.25) is 0 Å². The Balaban J connectivity index is 1.48. The lowest BCUT2D eigenvalue weighted by Gasteiger charge is -2.31. The van der Waals surface area contributed by atoms with Crippen LogP contribution in [0, 0.1) is 0 Å². The van der Waals surface area contributed by atoms with Crippen molar-refractivity contribution >= 4 is 11.4 Å². The van der Waals surface area contributed by atoms with Gasteiger partial charge < -0.3 is 9.80 Å². The molecule has 172 valence electrons. The Hall–Kier alpha value is -3.42. The number of benzene rings is 2. The molecule has 0 spiro atoms. The summed E-state index contributed by atoms with van der Waals surface area (Å²) in [4.78, 5) is 3.46. The number of hydrogen-bond donors (Lipinski definition) is 0. The second-order valence-corrected chi connectivity index (χ2v) is 7.81. The predicted molar refractivity (Wildman–Crippen MR) is 117 cm³/mol. The van der Waals surface area contributed by atoms with Crippen molar-refractivity contribution in [1.29, 1.82) is 0 Å². The van der Waals surface area contributed by atoms with Gasteiger partial charge in [0.1, 0.15) is 0 Å². The van der Waals surface area contributed by atoms with Crippen molar-refractivity contribution in [3.05, 3.63) is 108 Å². The zero-order chi connectivity index (χ0) is 23.8. The molecule has 8 heteroatoms. The normalized spacial score (nSPS) is 18.9. The number of allylic oxidation sites excluding steroid dienone is 4. The minimum Gasteiger partial charge on any atom is -0.344 e. The van der Waals surface area contributed by atoms with Crippen molar-refractivity contribution in [2.75, 3.05) is 16.3 Å². The van der Waals surface area contributed by atoms with Crippen LogP contribution in [0.1, 0.15) is 18.1 Å². The molecule has 0 radical (unpaired) electrons. The maximum atomic E-state index is 13.0. The molecular formula is C25H20F6N2. The van der Waals surface area contributed by atoms with E-state index in [1.807, 2.05) is 31.2 Å². The third-order valence-corrected chi connectivity index (χ3v) is 5.53. The lowest BCUT2D eigenvalue weighted by atomic mass is 9.98. The van der Waals surface area contributed by atoms with Gasteiger partial charge >= 0.3 is 12.4 Å². The van der Waals surface area contributed by atoms with Crippen LogP contribution < -0.4 is 9.80 Å². The summed E-state index contributed by atoms with van der Waals surface area (Å²) in [6.45, 7) is 2.27. The van der Waals surface area contributed by atoms with Gasteiger partial charge in [-0.05, 0) is 66.6 Å². The first-order valence-corrected chi connectivity index (χ1v) is 10.2. The molecule has 0 saturated carbocycles. The Kier molecular flexibility index (Phi) is 5.86. The molecule has 1 atom stereocenters. The van der Waals surface area contributed by atoms with Gasteiger partial charge in [0.25, 0.3) is 0 Å². The fourth-order valence-electron chi connectivity index (χ4n) is 3.81. The van der Waals surface area contributed by atoms with E-state index in [0.29, 0.717) is 17.9 Å². The second-order valence-electron chi connectivity index (χ2n) is 7.81. The Labute approximate surface area is 187 Å². The molecule has 0 saturated heterocycles. The van der Waals surface area contributed by atoms with Gasteiger partial charge in [0.2, 0.25) is 0 Å². The van der Waals surface area contributed by atoms with Gasteiger partial charge in [-0.2, -0.15) is 26.3 Å². The lowest BCUT2D eigenvalue weighted by Crippen LogP contribution is -2.29. The van der Waals surface area contributed by atoms with Crippen LogP contribution in [0.5, 0.6) is 0 Å². The Bertz CT molecular complexity index is 1150. The smallest absolute Gasteiger partial charge is 0.344 e. The van der Waals surface area contributed by atoms with Gasteiger partial charge in [-0.3, -0.25) is 0 Å². The van der Waals surface area contributed by atoms with Crippen molar-refractivity contribution in [1.82, 2.24) is 0 Å². The first kappa shape index (κ1) is 22.8. The highest BCUT2D eigenvalue weighted by molar-refractivity contribution is 5.61. The number of halogens is 6. The van der Waals surface area contributed by atoms with E-state index < -0.39 is 23.5 Å². The molecule has 0 N–H and O–H groups in total. The molecular weight excluding hydrogens is 442 g/mol. The zero-order valence-electron chi connectivity index (χ0n) is 17.5. The molecule has 33 heavy (non-hydrogen) atoms. The second kappa shape index (κ2) is 8.50. The standard InChI is InChI=1S/C25H20F6N2/c1-17-14-19(10-13-33(17)23-7-3-5-21(16-23)25(29,30)31)18-8-11-32(12-9-18)22-6-2-4-20(15-22)24(26,27)28/h2-11,13-17H,12H2,1H3. The Morgan fingerprint density at radius 1 is 0.758 bits per heavy atom. The highest BCUT2D eigenvalue weighted by Crippen LogP contribution is 2.35. The van der Waals surface area contributed by atoms with Gasteiger partial charge in [0.05, 0.1) is 11.1 Å². The molecule has 0 fully saturated rings. The van der Waals surface area contributed by atoms with Crippen LogP contribution in [0.3, 0.4) is 0 Å². The van der Waals surface area contributed by atoms with Crippen molar-refractivity contribution in [3.8, 4) is 0 Å². The van der Waals surface area contributed by atoms with E-state index in [9.17, 15) is 26.3 Å². The summed E-state index contributed by atoms with van der Waals surface area (Å²) in [6, 6.07) is 10.1. The van der Waals surface area contributed by atoms with E-state index in [1.54, 1.807) is 34.3 Å². The number of nitrogens with zero attached hydrogens (tertiary/aromatic N) is 2. The number of hydrogen-bond acceptors (Lipinski definition) is 2. The lowest BCUT2D eigenvalue weighted by molar-refractivity contribution is -0.138. The average molecular weight is 462 g/mol. The number of anilines is 2. The van der Waals surface area contributed by atoms with E-state index in [4.69, 9.17) is 0 Å². The van der Waals surface area contributed by atoms with E-state index >= 15 is 0 Å². The average Bonchev–Trinajstić information content (AvgIpc) is 2.78. The first-order chi connectivity index (χ1) is 15.5. The van der Waals surface area contributed by atoms with Crippen LogP contribution in [-0.4, -0.2) is 12.6 Å². The third kappa shape index (κ3) is 4.99. The molecule has 2 aromatic carbocycles. The maximum absolute atomic E-state index is 13.0. The van der Waals surface area contributed by atoms with Crippen molar-refractivity contribution in [3.63, 3.8) is 0 Å². The van der Waals surface area contributed by atoms with E-state index in [-0.39, 0.29) is 6.04 Å². The van der Waals surface area contributed by atoms with E-state index in [0.717, 1.165) is 35.4 Å². The molecule has 2 aliphatic rings. The molecule has 0 amide bonds. The molecule has 2 aromatic rings. The van der Waals surface area contributed by atoms with Gasteiger partial charge in [0, 0.05) is 36.4 Å². The third-order valence-electron chi connectivity index (χ3n) is 5.53. The van der Waals surface area contributed by atoms with Crippen LogP contribution in [0.15, 0.2) is 96.4 Å². The fraction of sp³-hybridized carbons (Fsp3) is 0.200. The fourth-order valence-corrected chi connectivity index (χ4v) is 3.81. The first-order valence-electron chi connectivity index (χ1n) is 10.2. The number of alkyl halides is 6. The highest BCUT2D eigenvalue weighted by atomic mass is 19.4. The predicted octanol–water partition coefficient (Wildman–Crippen LogP) is 7.33. The largest absolute Gasteiger partial charge is 0.416 e. The topological polar surface area (TPSA) is 6.48 Å². The molecule has 0 bridgehead atoms. The maximum Gasteiger partial charge on any atom is 0.416 e. The summed E-state index contributed by atoms with van der Waals surface area (Å²) in [5, 5.41) is 0. The highest BCUT2D eigenvalue weighted by Gasteiger charge is 2.32. The van der Waals surface area contributed by atoms with Crippen molar-refractivity contribution in [2.24, 2.45) is 0 Å². The molecule has 0 aliphatic carbocycles. The summed E-state index contributed by atoms with van der Waals surface area (Å²) in [6.07, 6.45) is 2.12. The molecule has 0 aromatic heterocycles. The molecule has 2 nitrogen and oxygen atoms in total. The molecule has 2 aliphatic heterocycles. The zero-order valence-corrected chi connectivity index (χ0v) is 17.5. The molecule has 1 unspecified atom stereocenters. The minimum atomic E-state index is -4.41. The van der Waals surface area contributed by atoms with Gasteiger partial charge in [0.15, 0.2) is 0 Å². The monoisotopic (exact) mass is 462 g/mol. The van der Waals surface area contributed by atoms with Crippen LogP contribution in [0.25, 0.3) is 0 Å². The SMILES string of the molecule is CC1C=C(C2=CCN(c3cccc(C(F)(F)F)c3)C=C2)C=CN1c1cccc(C(F)(F)F)c1. The van der Waals surface area contributed by atoms with Crippen LogP contribution >= 0.6 is 0 Å². The summed E-state index contributed by atoms with van der Waals surface area (Å²) in [5.74, 6) is 0. The van der Waals surface area contributed by atoms with E-state index in [1.165, 1.54) is 12.1 Å². The Morgan fingerprint density at radius 3 is 1.88 bits per heavy atom. The summed E-state index contributed by atoms with van der Waals surface area (Å²) in [5.41, 5.74) is 1.25. The minimum absolute atomic E-state index is 0.190. The van der Waals surface area contributed by atoms with Gasteiger partial charge in [-0.25, -0.2) is 0 Å². The van der Waals surface area contributed by atoms with Crippen molar-refractivity contribution in [2.45, 2.75) is 25.3 Å². The molecule has 4 rings (SSSR count). The van der Waals surface area contributed by atoms with Crippen LogP contribution in [-0.2, 0) is 12.4 Å². The summed E-state index contributed by atoms with van der Waals surface area (Å²) in [7, 11) is 0. The van der Waals surface area contributed by atoms with Crippen molar-refractivity contribution < 1.29 is 26.3 Å². The number of rotatable bonds is 3. The van der Waals surface area contributed by atoms with Gasteiger partial charge in [-0.15, -0.1) is 0 Å². The van der Waals surface area contributed by atoms with Crippen LogP contribution in [0.4, 0.5) is 37.7 Å².